The van der Waals surface area contributed by atoms with Crippen LogP contribution in [0.1, 0.15) is 34.2 Å². The summed E-state index contributed by atoms with van der Waals surface area (Å²) in [7, 11) is 2.03. The Balaban J connectivity index is 1.79. The molecular formula is C22H26N4S. The van der Waals surface area contributed by atoms with E-state index in [1.54, 1.807) is 11.3 Å². The van der Waals surface area contributed by atoms with E-state index in [0.29, 0.717) is 0 Å². The summed E-state index contributed by atoms with van der Waals surface area (Å²) < 4.78 is 0. The van der Waals surface area contributed by atoms with E-state index < -0.39 is 0 Å². The van der Waals surface area contributed by atoms with Crippen molar-refractivity contribution in [2.45, 2.75) is 34.1 Å². The van der Waals surface area contributed by atoms with Crippen molar-refractivity contribution in [3.63, 3.8) is 0 Å². The number of pyridine rings is 1. The van der Waals surface area contributed by atoms with Gasteiger partial charge in [0, 0.05) is 31.6 Å². The van der Waals surface area contributed by atoms with Crippen LogP contribution in [-0.4, -0.2) is 34.8 Å². The Kier molecular flexibility index (Phi) is 6.01. The highest BCUT2D eigenvalue weighted by Gasteiger charge is 2.10. The van der Waals surface area contributed by atoms with Crippen molar-refractivity contribution in [2.75, 3.05) is 13.6 Å². The summed E-state index contributed by atoms with van der Waals surface area (Å²) >= 11 is 1.69. The lowest BCUT2D eigenvalue weighted by atomic mass is 10.0. The third-order valence-corrected chi connectivity index (χ3v) is 5.46. The van der Waals surface area contributed by atoms with Gasteiger partial charge < -0.3 is 4.90 Å². The van der Waals surface area contributed by atoms with Gasteiger partial charge in [0.1, 0.15) is 0 Å². The summed E-state index contributed by atoms with van der Waals surface area (Å²) in [4.78, 5) is 16.0. The third kappa shape index (κ3) is 4.80. The number of nitrogens with zero attached hydrogens (tertiary/aromatic N) is 4. The third-order valence-electron chi connectivity index (χ3n) is 4.61. The number of aromatic nitrogens is 2. The molecule has 0 bridgehead atoms. The highest BCUT2D eigenvalue weighted by atomic mass is 32.1. The standard InChI is InChI=1S/C22H26N4S/c1-6-26(5)14-24-20-10-16(3)18(9-17(20)4)11-22-25-21(13-27-22)19-8-7-15(2)12-23-19/h7-10,12-14H,6,11H2,1-5H3/b24-14+. The Morgan fingerprint density at radius 1 is 1.11 bits per heavy atom. The summed E-state index contributed by atoms with van der Waals surface area (Å²) in [5.41, 5.74) is 7.81. The Hall–Kier alpha value is -2.53. The molecule has 2 heterocycles. The molecule has 0 aliphatic heterocycles. The largest absolute Gasteiger partial charge is 0.366 e. The summed E-state index contributed by atoms with van der Waals surface area (Å²) in [6.45, 7) is 9.37. The average Bonchev–Trinajstić information content (AvgIpc) is 3.12. The van der Waals surface area contributed by atoms with E-state index in [-0.39, 0.29) is 0 Å². The smallest absolute Gasteiger partial charge is 0.0998 e. The number of aliphatic imine (C=N–C) groups is 1. The number of hydrogen-bond acceptors (Lipinski definition) is 4. The summed E-state index contributed by atoms with van der Waals surface area (Å²) in [5.74, 6) is 0. The van der Waals surface area contributed by atoms with Crippen molar-refractivity contribution in [2.24, 2.45) is 4.99 Å². The lowest BCUT2D eigenvalue weighted by Gasteiger charge is -2.11. The first-order valence-corrected chi connectivity index (χ1v) is 10.1. The molecule has 3 rings (SSSR count). The molecule has 4 nitrogen and oxygen atoms in total. The van der Waals surface area contributed by atoms with Crippen LogP contribution in [0.5, 0.6) is 0 Å². The molecule has 0 fully saturated rings. The van der Waals surface area contributed by atoms with Crippen molar-refractivity contribution in [3.05, 3.63) is 63.1 Å². The van der Waals surface area contributed by atoms with E-state index >= 15 is 0 Å². The molecule has 0 saturated carbocycles. The van der Waals surface area contributed by atoms with Crippen LogP contribution < -0.4 is 0 Å². The van der Waals surface area contributed by atoms with Gasteiger partial charge in [-0.05, 0) is 62.1 Å². The Bertz CT molecular complexity index is 941. The topological polar surface area (TPSA) is 41.4 Å². The van der Waals surface area contributed by atoms with E-state index in [9.17, 15) is 0 Å². The van der Waals surface area contributed by atoms with Gasteiger partial charge in [0.25, 0.3) is 0 Å². The van der Waals surface area contributed by atoms with Crippen LogP contribution in [0.3, 0.4) is 0 Å². The number of benzene rings is 1. The molecule has 27 heavy (non-hydrogen) atoms. The molecule has 0 aliphatic rings. The van der Waals surface area contributed by atoms with Gasteiger partial charge in [-0.2, -0.15) is 0 Å². The van der Waals surface area contributed by atoms with Crippen molar-refractivity contribution in [3.8, 4) is 11.4 Å². The van der Waals surface area contributed by atoms with E-state index in [0.717, 1.165) is 40.6 Å². The van der Waals surface area contributed by atoms with Gasteiger partial charge >= 0.3 is 0 Å². The molecule has 0 N–H and O–H groups in total. The van der Waals surface area contributed by atoms with Crippen molar-refractivity contribution < 1.29 is 0 Å². The van der Waals surface area contributed by atoms with E-state index in [1.165, 1.54) is 16.7 Å². The average molecular weight is 379 g/mol. The van der Waals surface area contributed by atoms with Gasteiger partial charge in [0.15, 0.2) is 0 Å². The lowest BCUT2D eigenvalue weighted by Crippen LogP contribution is -2.14. The molecule has 0 atom stereocenters. The van der Waals surface area contributed by atoms with E-state index in [1.807, 2.05) is 32.6 Å². The van der Waals surface area contributed by atoms with Crippen molar-refractivity contribution in [1.82, 2.24) is 14.9 Å². The highest BCUT2D eigenvalue weighted by Crippen LogP contribution is 2.27. The van der Waals surface area contributed by atoms with Gasteiger partial charge in [-0.15, -0.1) is 11.3 Å². The fourth-order valence-electron chi connectivity index (χ4n) is 2.72. The quantitative estimate of drug-likeness (QED) is 0.430. The predicted octanol–water partition coefficient (Wildman–Crippen LogP) is 5.33. The van der Waals surface area contributed by atoms with Gasteiger partial charge in [-0.3, -0.25) is 4.98 Å². The van der Waals surface area contributed by atoms with Crippen LogP contribution in [0.25, 0.3) is 11.4 Å². The predicted molar refractivity (Wildman–Crippen MR) is 115 cm³/mol. The zero-order valence-corrected chi connectivity index (χ0v) is 17.5. The normalized spacial score (nSPS) is 11.3. The molecular weight excluding hydrogens is 352 g/mol. The van der Waals surface area contributed by atoms with Gasteiger partial charge in [-0.25, -0.2) is 9.98 Å². The summed E-state index contributed by atoms with van der Waals surface area (Å²) in [5, 5.41) is 3.20. The van der Waals surface area contributed by atoms with Crippen LogP contribution in [-0.2, 0) is 6.42 Å². The number of thiazole rings is 1. The minimum Gasteiger partial charge on any atom is -0.366 e. The second kappa shape index (κ2) is 8.44. The van der Waals surface area contributed by atoms with Gasteiger partial charge in [0.2, 0.25) is 0 Å². The maximum atomic E-state index is 4.79. The van der Waals surface area contributed by atoms with E-state index in [2.05, 4.69) is 59.2 Å². The molecule has 0 amide bonds. The number of aryl methyl sites for hydroxylation is 3. The maximum Gasteiger partial charge on any atom is 0.0998 e. The molecule has 0 unspecified atom stereocenters. The second-order valence-corrected chi connectivity index (χ2v) is 7.85. The maximum absolute atomic E-state index is 4.79. The summed E-state index contributed by atoms with van der Waals surface area (Å²) in [6, 6.07) is 8.51. The Morgan fingerprint density at radius 2 is 1.93 bits per heavy atom. The first-order chi connectivity index (χ1) is 13.0. The zero-order valence-electron chi connectivity index (χ0n) is 16.7. The Labute approximate surface area is 165 Å². The number of rotatable bonds is 6. The molecule has 0 aliphatic carbocycles. The molecule has 2 aromatic heterocycles. The van der Waals surface area contributed by atoms with E-state index in [4.69, 9.17) is 4.98 Å². The van der Waals surface area contributed by atoms with Crippen molar-refractivity contribution in [1.29, 1.82) is 0 Å². The van der Waals surface area contributed by atoms with Crippen LogP contribution >= 0.6 is 11.3 Å². The van der Waals surface area contributed by atoms with Gasteiger partial charge in [0.05, 0.1) is 28.4 Å². The molecule has 1 aromatic carbocycles. The first kappa shape index (κ1) is 19.2. The van der Waals surface area contributed by atoms with Crippen LogP contribution in [0.15, 0.2) is 40.8 Å². The molecule has 0 radical (unpaired) electrons. The molecule has 0 saturated heterocycles. The SMILES string of the molecule is CCN(C)/C=N/c1cc(C)c(Cc2nc(-c3ccc(C)cn3)cs2)cc1C. The Morgan fingerprint density at radius 3 is 2.63 bits per heavy atom. The highest BCUT2D eigenvalue weighted by molar-refractivity contribution is 7.10. The van der Waals surface area contributed by atoms with Crippen LogP contribution in [0.2, 0.25) is 0 Å². The number of hydrogen-bond donors (Lipinski definition) is 0. The molecule has 0 spiro atoms. The molecule has 140 valence electrons. The van der Waals surface area contributed by atoms with Crippen LogP contribution in [0.4, 0.5) is 5.69 Å². The zero-order chi connectivity index (χ0) is 19.4. The lowest BCUT2D eigenvalue weighted by molar-refractivity contribution is 0.552. The minimum absolute atomic E-state index is 0.835. The fourth-order valence-corrected chi connectivity index (χ4v) is 3.54. The molecule has 5 heteroatoms. The van der Waals surface area contributed by atoms with Crippen molar-refractivity contribution >= 4 is 23.4 Å². The first-order valence-electron chi connectivity index (χ1n) is 9.18. The summed E-state index contributed by atoms with van der Waals surface area (Å²) in [6.07, 6.45) is 4.61. The minimum atomic E-state index is 0.835. The van der Waals surface area contributed by atoms with Gasteiger partial charge in [-0.1, -0.05) is 12.1 Å². The molecule has 3 aromatic rings. The van der Waals surface area contributed by atoms with Crippen LogP contribution in [0, 0.1) is 20.8 Å². The second-order valence-electron chi connectivity index (χ2n) is 6.91. The monoisotopic (exact) mass is 378 g/mol. The fraction of sp³-hybridized carbons (Fsp3) is 0.318.